The number of nitrogens with one attached hydrogen (secondary N) is 2. The van der Waals surface area contributed by atoms with Crippen molar-refractivity contribution >= 4 is 5.91 Å². The van der Waals surface area contributed by atoms with Crippen LogP contribution < -0.4 is 10.6 Å². The van der Waals surface area contributed by atoms with Gasteiger partial charge in [0.05, 0.1) is 17.9 Å². The van der Waals surface area contributed by atoms with Crippen LogP contribution in [-0.4, -0.2) is 22.2 Å². The minimum atomic E-state index is 0.123. The van der Waals surface area contributed by atoms with Gasteiger partial charge < -0.3 is 10.6 Å². The van der Waals surface area contributed by atoms with Gasteiger partial charge in [0.15, 0.2) is 0 Å². The van der Waals surface area contributed by atoms with Crippen molar-refractivity contribution in [1.82, 2.24) is 20.4 Å². The predicted octanol–water partition coefficient (Wildman–Crippen LogP) is 2.11. The zero-order chi connectivity index (χ0) is 16.4. The van der Waals surface area contributed by atoms with Crippen LogP contribution in [0.25, 0.3) is 0 Å². The molecule has 1 atom stereocenters. The van der Waals surface area contributed by atoms with Gasteiger partial charge in [-0.2, -0.15) is 5.10 Å². The Balaban J connectivity index is 1.33. The normalized spacial score (nSPS) is 19.4. The molecule has 2 heterocycles. The second-order valence-corrected chi connectivity index (χ2v) is 6.80. The van der Waals surface area contributed by atoms with Gasteiger partial charge in [0.2, 0.25) is 5.91 Å². The third-order valence-corrected chi connectivity index (χ3v) is 5.10. The molecular formula is C19H24N4O. The first-order chi connectivity index (χ1) is 11.8. The standard InChI is InChI=1S/C19H24N4O/c24-19(10-15-7-6-14-4-1-2-5-18(14)15)21-12-16-11-17-13-20-8-3-9-23(17)22-16/h1-2,4-5,11,15,20H,3,6-10,12-13H2,(H,21,24)/t15-/m1/s1. The van der Waals surface area contributed by atoms with Gasteiger partial charge in [-0.1, -0.05) is 24.3 Å². The number of carbonyl (C=O) groups excluding carboxylic acids is 1. The molecule has 1 aliphatic carbocycles. The molecule has 126 valence electrons. The highest BCUT2D eigenvalue weighted by Gasteiger charge is 2.24. The van der Waals surface area contributed by atoms with Crippen molar-refractivity contribution in [3.8, 4) is 0 Å². The number of nitrogens with zero attached hydrogens (tertiary/aromatic N) is 2. The number of carbonyl (C=O) groups is 1. The molecule has 1 aliphatic heterocycles. The molecule has 4 rings (SSSR count). The predicted molar refractivity (Wildman–Crippen MR) is 92.5 cm³/mol. The van der Waals surface area contributed by atoms with Gasteiger partial charge in [-0.25, -0.2) is 0 Å². The number of aryl methyl sites for hydroxylation is 2. The fraction of sp³-hybridized carbons (Fsp3) is 0.474. The first-order valence-corrected chi connectivity index (χ1v) is 8.90. The van der Waals surface area contributed by atoms with E-state index in [1.807, 2.05) is 0 Å². The minimum absolute atomic E-state index is 0.123. The van der Waals surface area contributed by atoms with E-state index in [9.17, 15) is 4.79 Å². The van der Waals surface area contributed by atoms with Gasteiger partial charge in [0.25, 0.3) is 0 Å². The van der Waals surface area contributed by atoms with Crippen molar-refractivity contribution in [2.45, 2.75) is 51.2 Å². The van der Waals surface area contributed by atoms with E-state index >= 15 is 0 Å². The molecule has 24 heavy (non-hydrogen) atoms. The van der Waals surface area contributed by atoms with Crippen molar-refractivity contribution in [3.05, 3.63) is 52.8 Å². The van der Waals surface area contributed by atoms with Crippen molar-refractivity contribution in [3.63, 3.8) is 0 Å². The third-order valence-electron chi connectivity index (χ3n) is 5.10. The lowest BCUT2D eigenvalue weighted by Gasteiger charge is -2.11. The highest BCUT2D eigenvalue weighted by Crippen LogP contribution is 2.35. The molecule has 0 spiro atoms. The average Bonchev–Trinajstić information content (AvgIpc) is 3.11. The Kier molecular flexibility index (Phi) is 4.34. The molecule has 0 radical (unpaired) electrons. The summed E-state index contributed by atoms with van der Waals surface area (Å²) < 4.78 is 2.06. The maximum atomic E-state index is 12.3. The minimum Gasteiger partial charge on any atom is -0.350 e. The largest absolute Gasteiger partial charge is 0.350 e. The Bertz CT molecular complexity index is 713. The van der Waals surface area contributed by atoms with E-state index in [-0.39, 0.29) is 5.91 Å². The third kappa shape index (κ3) is 3.22. The topological polar surface area (TPSA) is 59.0 Å². The quantitative estimate of drug-likeness (QED) is 0.906. The van der Waals surface area contributed by atoms with Crippen LogP contribution in [0.2, 0.25) is 0 Å². The summed E-state index contributed by atoms with van der Waals surface area (Å²) in [4.78, 5) is 12.3. The zero-order valence-electron chi connectivity index (χ0n) is 13.9. The van der Waals surface area contributed by atoms with E-state index in [0.717, 1.165) is 44.6 Å². The summed E-state index contributed by atoms with van der Waals surface area (Å²) in [5.41, 5.74) is 4.92. The second-order valence-electron chi connectivity index (χ2n) is 6.80. The average molecular weight is 324 g/mol. The molecule has 0 fully saturated rings. The number of benzene rings is 1. The lowest BCUT2D eigenvalue weighted by molar-refractivity contribution is -0.121. The van der Waals surface area contributed by atoms with Gasteiger partial charge in [0, 0.05) is 19.5 Å². The Hall–Kier alpha value is -2.14. The second kappa shape index (κ2) is 6.77. The summed E-state index contributed by atoms with van der Waals surface area (Å²) in [5.74, 6) is 0.488. The van der Waals surface area contributed by atoms with Crippen molar-refractivity contribution in [2.75, 3.05) is 6.54 Å². The number of rotatable bonds is 4. The number of amides is 1. The van der Waals surface area contributed by atoms with Crippen LogP contribution >= 0.6 is 0 Å². The van der Waals surface area contributed by atoms with Gasteiger partial charge >= 0.3 is 0 Å². The molecule has 5 heteroatoms. The highest BCUT2D eigenvalue weighted by atomic mass is 16.1. The maximum absolute atomic E-state index is 12.3. The van der Waals surface area contributed by atoms with Crippen LogP contribution in [0.3, 0.4) is 0 Å². The van der Waals surface area contributed by atoms with Crippen molar-refractivity contribution in [1.29, 1.82) is 0 Å². The molecule has 0 saturated heterocycles. The zero-order valence-corrected chi connectivity index (χ0v) is 13.9. The molecular weight excluding hydrogens is 300 g/mol. The van der Waals surface area contributed by atoms with Crippen LogP contribution in [0.15, 0.2) is 30.3 Å². The van der Waals surface area contributed by atoms with Crippen LogP contribution in [0.5, 0.6) is 0 Å². The summed E-state index contributed by atoms with van der Waals surface area (Å²) in [6.07, 6.45) is 3.85. The molecule has 1 aromatic carbocycles. The number of fused-ring (bicyclic) bond motifs is 2. The smallest absolute Gasteiger partial charge is 0.220 e. The molecule has 5 nitrogen and oxygen atoms in total. The van der Waals surface area contributed by atoms with Crippen molar-refractivity contribution in [2.24, 2.45) is 0 Å². The van der Waals surface area contributed by atoms with Gasteiger partial charge in [-0.3, -0.25) is 9.48 Å². The molecule has 0 unspecified atom stereocenters. The van der Waals surface area contributed by atoms with E-state index in [4.69, 9.17) is 0 Å². The lowest BCUT2D eigenvalue weighted by Crippen LogP contribution is -2.24. The summed E-state index contributed by atoms with van der Waals surface area (Å²) in [5, 5.41) is 11.0. The van der Waals surface area contributed by atoms with Gasteiger partial charge in [-0.05, 0) is 48.9 Å². The Morgan fingerprint density at radius 1 is 1.38 bits per heavy atom. The Morgan fingerprint density at radius 2 is 2.29 bits per heavy atom. The molecule has 2 N–H and O–H groups in total. The van der Waals surface area contributed by atoms with Gasteiger partial charge in [-0.15, -0.1) is 0 Å². The monoisotopic (exact) mass is 324 g/mol. The van der Waals surface area contributed by atoms with Crippen LogP contribution in [0.4, 0.5) is 0 Å². The molecule has 1 amide bonds. The van der Waals surface area contributed by atoms with E-state index in [2.05, 4.69) is 50.7 Å². The molecule has 1 aromatic heterocycles. The number of hydrogen-bond acceptors (Lipinski definition) is 3. The Labute approximate surface area is 142 Å². The highest BCUT2D eigenvalue weighted by molar-refractivity contribution is 5.77. The summed E-state index contributed by atoms with van der Waals surface area (Å²) in [6.45, 7) is 3.38. The van der Waals surface area contributed by atoms with Crippen LogP contribution in [0.1, 0.15) is 47.7 Å². The molecule has 2 aromatic rings. The Morgan fingerprint density at radius 3 is 3.25 bits per heavy atom. The van der Waals surface area contributed by atoms with E-state index in [1.165, 1.54) is 16.8 Å². The fourth-order valence-electron chi connectivity index (χ4n) is 3.85. The van der Waals surface area contributed by atoms with E-state index in [1.54, 1.807) is 0 Å². The SMILES string of the molecule is O=C(C[C@H]1CCc2ccccc21)NCc1cc2n(n1)CCCNC2. The first-order valence-electron chi connectivity index (χ1n) is 8.90. The first kappa shape index (κ1) is 15.4. The summed E-state index contributed by atoms with van der Waals surface area (Å²) >= 11 is 0. The summed E-state index contributed by atoms with van der Waals surface area (Å²) in [6, 6.07) is 10.6. The maximum Gasteiger partial charge on any atom is 0.220 e. The summed E-state index contributed by atoms with van der Waals surface area (Å²) in [7, 11) is 0. The number of hydrogen-bond donors (Lipinski definition) is 2. The molecule has 0 bridgehead atoms. The van der Waals surface area contributed by atoms with E-state index in [0.29, 0.717) is 18.9 Å². The van der Waals surface area contributed by atoms with Crippen LogP contribution in [-0.2, 0) is 30.8 Å². The molecule has 0 saturated carbocycles. The number of aromatic nitrogens is 2. The van der Waals surface area contributed by atoms with E-state index < -0.39 is 0 Å². The van der Waals surface area contributed by atoms with Crippen LogP contribution in [0, 0.1) is 0 Å². The fourth-order valence-corrected chi connectivity index (χ4v) is 3.85. The van der Waals surface area contributed by atoms with Crippen molar-refractivity contribution < 1.29 is 4.79 Å². The lowest BCUT2D eigenvalue weighted by atomic mass is 9.97. The molecule has 2 aliphatic rings. The van der Waals surface area contributed by atoms with Gasteiger partial charge in [0.1, 0.15) is 0 Å².